The van der Waals surface area contributed by atoms with Gasteiger partial charge in [-0.1, -0.05) is 0 Å². The average molecular weight is 86.1 g/mol. The van der Waals surface area contributed by atoms with Crippen molar-refractivity contribution in [3.63, 3.8) is 0 Å². The van der Waals surface area contributed by atoms with Crippen molar-refractivity contribution < 1.29 is 9.90 Å². The van der Waals surface area contributed by atoms with Gasteiger partial charge in [0.25, 0.3) is 0 Å². The highest BCUT2D eigenvalue weighted by Crippen LogP contribution is 2.21. The van der Waals surface area contributed by atoms with E-state index >= 15 is 0 Å². The Bertz CT molecular complexity index is 77.6. The fraction of sp³-hybridized carbons (Fsp3) is 0.750. The lowest BCUT2D eigenvalue weighted by Gasteiger charge is -1.71. The molecule has 0 spiro atoms. The van der Waals surface area contributed by atoms with E-state index in [-0.39, 0.29) is 18.3 Å². The fourth-order valence-electron chi connectivity index (χ4n) is 0.350. The minimum atomic E-state index is 0.0185. The minimum Gasteiger partial charge on any atom is -0.396 e. The molecule has 0 aromatic carbocycles. The van der Waals surface area contributed by atoms with Gasteiger partial charge in [0, 0.05) is 12.3 Å². The molecule has 1 saturated carbocycles. The van der Waals surface area contributed by atoms with Crippen molar-refractivity contribution in [3.8, 4) is 0 Å². The van der Waals surface area contributed by atoms with Crippen LogP contribution in [0.5, 0.6) is 0 Å². The lowest BCUT2D eigenvalue weighted by Crippen LogP contribution is -1.84. The third-order valence-electron chi connectivity index (χ3n) is 0.963. The molecular weight excluding hydrogens is 80.0 g/mol. The first-order chi connectivity index (χ1) is 2.84. The molecule has 0 saturated heterocycles. The Hall–Kier alpha value is -0.370. The standard InChI is InChI=1S/C4H6O2/c5-2-3-1-4(3)6/h3,5H,1-2H2. The van der Waals surface area contributed by atoms with Crippen LogP contribution in [0.3, 0.4) is 0 Å². The van der Waals surface area contributed by atoms with Gasteiger partial charge in [0.05, 0.1) is 6.61 Å². The lowest BCUT2D eigenvalue weighted by atomic mass is 10.5. The van der Waals surface area contributed by atoms with E-state index in [0.717, 1.165) is 0 Å². The van der Waals surface area contributed by atoms with E-state index in [9.17, 15) is 4.79 Å². The van der Waals surface area contributed by atoms with Gasteiger partial charge in [-0.2, -0.15) is 0 Å². The Balaban J connectivity index is 2.26. The molecule has 0 amide bonds. The van der Waals surface area contributed by atoms with E-state index < -0.39 is 0 Å². The first kappa shape index (κ1) is 3.81. The largest absolute Gasteiger partial charge is 0.396 e. The van der Waals surface area contributed by atoms with Crippen molar-refractivity contribution in [3.05, 3.63) is 0 Å². The maximum absolute atomic E-state index is 9.96. The summed E-state index contributed by atoms with van der Waals surface area (Å²) >= 11 is 0. The summed E-state index contributed by atoms with van der Waals surface area (Å²) in [5.41, 5.74) is 0. The maximum atomic E-state index is 9.96. The van der Waals surface area contributed by atoms with E-state index in [1.165, 1.54) is 0 Å². The zero-order valence-corrected chi connectivity index (χ0v) is 3.35. The van der Waals surface area contributed by atoms with Crippen molar-refractivity contribution in [1.82, 2.24) is 0 Å². The van der Waals surface area contributed by atoms with Crippen LogP contribution in [0.4, 0.5) is 0 Å². The molecule has 0 heterocycles. The number of rotatable bonds is 1. The molecule has 1 N–H and O–H groups in total. The summed E-state index contributed by atoms with van der Waals surface area (Å²) in [5, 5.41) is 8.16. The second kappa shape index (κ2) is 1.05. The molecule has 1 unspecified atom stereocenters. The predicted molar refractivity (Wildman–Crippen MR) is 20.2 cm³/mol. The smallest absolute Gasteiger partial charge is 0.139 e. The summed E-state index contributed by atoms with van der Waals surface area (Å²) in [6.45, 7) is 0.0544. The van der Waals surface area contributed by atoms with Crippen molar-refractivity contribution in [1.29, 1.82) is 0 Å². The van der Waals surface area contributed by atoms with E-state index in [2.05, 4.69) is 0 Å². The summed E-state index contributed by atoms with van der Waals surface area (Å²) in [7, 11) is 0. The SMILES string of the molecule is O=C1CC1CO. The highest BCUT2D eigenvalue weighted by Gasteiger charge is 2.33. The summed E-state index contributed by atoms with van der Waals surface area (Å²) in [4.78, 5) is 9.96. The van der Waals surface area contributed by atoms with Crippen LogP contribution in [0, 0.1) is 5.92 Å². The number of hydrogen-bond donors (Lipinski definition) is 1. The van der Waals surface area contributed by atoms with Gasteiger partial charge in [-0.05, 0) is 0 Å². The predicted octanol–water partition coefficient (Wildman–Crippen LogP) is -0.432. The van der Waals surface area contributed by atoms with Crippen molar-refractivity contribution in [2.75, 3.05) is 6.61 Å². The first-order valence-electron chi connectivity index (χ1n) is 1.98. The zero-order chi connectivity index (χ0) is 4.57. The molecular formula is C4H6O2. The molecule has 0 aromatic heterocycles. The number of carbonyl (C=O) groups excluding carboxylic acids is 1. The molecule has 2 nitrogen and oxygen atoms in total. The molecule has 0 radical (unpaired) electrons. The molecule has 1 rings (SSSR count). The Labute approximate surface area is 35.8 Å². The summed E-state index contributed by atoms with van der Waals surface area (Å²) in [6, 6.07) is 0. The number of aliphatic hydroxyl groups is 1. The number of ketones is 1. The van der Waals surface area contributed by atoms with Gasteiger partial charge >= 0.3 is 0 Å². The fourth-order valence-corrected chi connectivity index (χ4v) is 0.350. The quantitative estimate of drug-likeness (QED) is 0.470. The van der Waals surface area contributed by atoms with Gasteiger partial charge in [0.15, 0.2) is 0 Å². The number of aliphatic hydroxyl groups excluding tert-OH is 1. The third kappa shape index (κ3) is 0.431. The van der Waals surface area contributed by atoms with Crippen molar-refractivity contribution >= 4 is 5.78 Å². The molecule has 0 aromatic rings. The van der Waals surface area contributed by atoms with Crippen LogP contribution in [0.1, 0.15) is 6.42 Å². The number of carbonyl (C=O) groups is 1. The van der Waals surface area contributed by atoms with Crippen molar-refractivity contribution in [2.45, 2.75) is 6.42 Å². The summed E-state index contributed by atoms with van der Waals surface area (Å²) < 4.78 is 0. The second-order valence-corrected chi connectivity index (χ2v) is 1.55. The zero-order valence-electron chi connectivity index (χ0n) is 3.35. The Kier molecular flexibility index (Phi) is 0.665. The van der Waals surface area contributed by atoms with Gasteiger partial charge in [-0.25, -0.2) is 0 Å². The molecule has 6 heavy (non-hydrogen) atoms. The highest BCUT2D eigenvalue weighted by atomic mass is 16.3. The van der Waals surface area contributed by atoms with Gasteiger partial charge in [0.2, 0.25) is 0 Å². The van der Waals surface area contributed by atoms with E-state index in [4.69, 9.17) is 5.11 Å². The number of hydrogen-bond acceptors (Lipinski definition) is 2. The van der Waals surface area contributed by atoms with Crippen LogP contribution in [0.2, 0.25) is 0 Å². The first-order valence-corrected chi connectivity index (χ1v) is 1.98. The average Bonchev–Trinajstić information content (AvgIpc) is 2.19. The maximum Gasteiger partial charge on any atom is 0.139 e. The minimum absolute atomic E-state index is 0.0185. The van der Waals surface area contributed by atoms with Gasteiger partial charge in [-0.15, -0.1) is 0 Å². The van der Waals surface area contributed by atoms with Crippen LogP contribution < -0.4 is 0 Å². The van der Waals surface area contributed by atoms with Crippen molar-refractivity contribution in [2.24, 2.45) is 5.92 Å². The second-order valence-electron chi connectivity index (χ2n) is 1.55. The van der Waals surface area contributed by atoms with Gasteiger partial charge < -0.3 is 5.11 Å². The normalized spacial score (nSPS) is 30.8. The van der Waals surface area contributed by atoms with Crippen LogP contribution in [-0.2, 0) is 4.79 Å². The molecule has 0 aliphatic heterocycles. The molecule has 0 bridgehead atoms. The van der Waals surface area contributed by atoms with Gasteiger partial charge in [-0.3, -0.25) is 4.79 Å². The highest BCUT2D eigenvalue weighted by molar-refractivity contribution is 5.96. The van der Waals surface area contributed by atoms with Crippen LogP contribution >= 0.6 is 0 Å². The van der Waals surface area contributed by atoms with E-state index in [1.54, 1.807) is 0 Å². The van der Waals surface area contributed by atoms with Gasteiger partial charge in [0.1, 0.15) is 5.78 Å². The number of Topliss-reactive ketones (excluding diaryl/α,β-unsaturated/α-hetero) is 1. The Morgan fingerprint density at radius 1 is 2.00 bits per heavy atom. The lowest BCUT2D eigenvalue weighted by molar-refractivity contribution is -0.111. The molecule has 1 aliphatic rings. The van der Waals surface area contributed by atoms with Crippen LogP contribution in [-0.4, -0.2) is 17.5 Å². The Morgan fingerprint density at radius 2 is 2.50 bits per heavy atom. The topological polar surface area (TPSA) is 37.3 Å². The molecule has 2 heteroatoms. The molecule has 34 valence electrons. The Morgan fingerprint density at radius 3 is 2.50 bits per heavy atom. The van der Waals surface area contributed by atoms with E-state index in [1.807, 2.05) is 0 Å². The molecule has 1 fully saturated rings. The summed E-state index contributed by atoms with van der Waals surface area (Å²) in [5.74, 6) is 0.225. The van der Waals surface area contributed by atoms with Crippen LogP contribution in [0.25, 0.3) is 0 Å². The molecule has 1 aliphatic carbocycles. The molecule has 1 atom stereocenters. The third-order valence-corrected chi connectivity index (χ3v) is 0.963. The van der Waals surface area contributed by atoms with E-state index in [0.29, 0.717) is 6.42 Å². The van der Waals surface area contributed by atoms with Crippen LogP contribution in [0.15, 0.2) is 0 Å². The summed E-state index contributed by atoms with van der Waals surface area (Å²) in [6.07, 6.45) is 0.608. The monoisotopic (exact) mass is 86.0 g/mol.